The summed E-state index contributed by atoms with van der Waals surface area (Å²) in [5, 5.41) is 0. The van der Waals surface area contributed by atoms with Crippen molar-refractivity contribution in [1.82, 2.24) is 0 Å². The van der Waals surface area contributed by atoms with Crippen LogP contribution in [0.4, 0.5) is 0 Å². The molecule has 0 saturated heterocycles. The molecule has 5 aromatic carbocycles. The Hall–Kier alpha value is -4.18. The fourth-order valence-electron chi connectivity index (χ4n) is 12.7. The number of benzene rings is 4. The van der Waals surface area contributed by atoms with Gasteiger partial charge in [0.1, 0.15) is 11.5 Å². The molecule has 8 aliphatic carbocycles. The minimum Gasteiger partial charge on any atom is -0.404 e. The molecule has 0 radical (unpaired) electrons. The minimum absolute atomic E-state index is 0.178. The molecule has 0 aromatic heterocycles. The Morgan fingerprint density at radius 2 is 0.731 bits per heavy atom. The quantitative estimate of drug-likeness (QED) is 0.137. The summed E-state index contributed by atoms with van der Waals surface area (Å²) in [6, 6.07) is 28.2. The second kappa shape index (κ2) is 9.12. The van der Waals surface area contributed by atoms with Crippen LogP contribution in [-0.2, 0) is 9.13 Å². The van der Waals surface area contributed by atoms with Gasteiger partial charge in [-0.15, -0.1) is 0 Å². The fourth-order valence-corrected chi connectivity index (χ4v) is 13.6. The van der Waals surface area contributed by atoms with Gasteiger partial charge in [-0.3, -0.25) is 19.6 Å². The molecule has 0 fully saturated rings. The van der Waals surface area contributed by atoms with Crippen LogP contribution in [0.3, 0.4) is 0 Å². The lowest BCUT2D eigenvalue weighted by molar-refractivity contribution is 0.275. The third-order valence-corrected chi connectivity index (χ3v) is 15.0. The first-order chi connectivity index (χ1) is 25.0. The maximum atomic E-state index is 12.8. The Morgan fingerprint density at radius 1 is 0.442 bits per heavy atom. The van der Waals surface area contributed by atoms with Crippen molar-refractivity contribution in [3.8, 4) is 11.5 Å². The second-order valence-electron chi connectivity index (χ2n) is 16.2. The highest BCUT2D eigenvalue weighted by Gasteiger charge is 2.56. The van der Waals surface area contributed by atoms with Crippen molar-refractivity contribution in [3.63, 3.8) is 0 Å². The highest BCUT2D eigenvalue weighted by Crippen LogP contribution is 2.73. The molecular weight excluding hydrogens is 694 g/mol. The monoisotopic (exact) mass is 724 g/mol. The van der Waals surface area contributed by atoms with Crippen LogP contribution in [0.2, 0.25) is 0 Å². The molecule has 0 saturated carbocycles. The molecule has 0 aliphatic heterocycles. The Balaban J connectivity index is 1.03. The first kappa shape index (κ1) is 29.3. The zero-order valence-corrected chi connectivity index (χ0v) is 29.3. The highest BCUT2D eigenvalue weighted by molar-refractivity contribution is 7.47. The Bertz CT molecular complexity index is 2340. The molecule has 0 unspecified atom stereocenters. The van der Waals surface area contributed by atoms with E-state index in [4.69, 9.17) is 9.05 Å². The molecule has 13 rings (SSSR count). The van der Waals surface area contributed by atoms with Crippen LogP contribution >= 0.6 is 15.6 Å². The van der Waals surface area contributed by atoms with E-state index < -0.39 is 15.6 Å². The maximum Gasteiger partial charge on any atom is 0.524 e. The second-order valence-corrected chi connectivity index (χ2v) is 18.5. The van der Waals surface area contributed by atoms with Gasteiger partial charge in [0, 0.05) is 69.6 Å². The Labute approximate surface area is 298 Å². The van der Waals surface area contributed by atoms with Gasteiger partial charge in [0.15, 0.2) is 0 Å². The molecule has 4 N–H and O–H groups in total. The van der Waals surface area contributed by atoms with E-state index in [1.165, 1.54) is 44.5 Å². The average molecular weight is 725 g/mol. The lowest BCUT2D eigenvalue weighted by atomic mass is 9.74. The van der Waals surface area contributed by atoms with Gasteiger partial charge in [0.25, 0.3) is 0 Å². The fraction of sp³-hybridized carbons (Fsp3) is 0.286. The number of phosphoric ester groups is 2. The number of hydrogen-bond donors (Lipinski definition) is 4. The van der Waals surface area contributed by atoms with Gasteiger partial charge in [-0.25, -0.2) is 9.13 Å². The van der Waals surface area contributed by atoms with Crippen LogP contribution in [0.1, 0.15) is 162 Å². The lowest BCUT2D eigenvalue weighted by Crippen LogP contribution is -2.16. The van der Waals surface area contributed by atoms with Gasteiger partial charge in [-0.1, -0.05) is 60.7 Å². The van der Waals surface area contributed by atoms with Crippen molar-refractivity contribution in [2.45, 2.75) is 73.0 Å². The summed E-state index contributed by atoms with van der Waals surface area (Å²) < 4.78 is 37.3. The summed E-state index contributed by atoms with van der Waals surface area (Å²) >= 11 is 0. The van der Waals surface area contributed by atoms with Crippen molar-refractivity contribution in [3.05, 3.63) is 162 Å². The number of phosphoric acid groups is 2. The Morgan fingerprint density at radius 3 is 1.06 bits per heavy atom. The first-order valence-electron chi connectivity index (χ1n) is 18.1. The van der Waals surface area contributed by atoms with Gasteiger partial charge in [-0.2, -0.15) is 0 Å². The smallest absolute Gasteiger partial charge is 0.404 e. The molecule has 8 nitrogen and oxygen atoms in total. The molecule has 8 bridgehead atoms. The van der Waals surface area contributed by atoms with E-state index in [0.29, 0.717) is 46.9 Å². The largest absolute Gasteiger partial charge is 0.524 e. The molecule has 52 heavy (non-hydrogen) atoms. The van der Waals surface area contributed by atoms with Gasteiger partial charge < -0.3 is 9.05 Å². The molecule has 0 spiro atoms. The van der Waals surface area contributed by atoms with E-state index in [1.54, 1.807) is 0 Å². The summed E-state index contributed by atoms with van der Waals surface area (Å²) in [6.45, 7) is 0. The van der Waals surface area contributed by atoms with Gasteiger partial charge in [-0.05, 0) is 105 Å². The normalized spacial score (nSPS) is 28.8. The summed E-state index contributed by atoms with van der Waals surface area (Å²) in [5.74, 6) is 0.492. The van der Waals surface area contributed by atoms with E-state index in [-0.39, 0.29) is 47.0 Å². The number of fused-ring (bicyclic) bond motifs is 32. The molecule has 0 heterocycles. The predicted octanol–water partition coefficient (Wildman–Crippen LogP) is 8.15. The van der Waals surface area contributed by atoms with Crippen molar-refractivity contribution < 1.29 is 37.8 Å². The lowest BCUT2D eigenvalue weighted by Gasteiger charge is -2.33. The number of hydrogen-bond acceptors (Lipinski definition) is 4. The van der Waals surface area contributed by atoms with Crippen LogP contribution in [0.25, 0.3) is 0 Å². The third kappa shape index (κ3) is 3.43. The van der Waals surface area contributed by atoms with Crippen LogP contribution in [0.5, 0.6) is 11.5 Å². The number of rotatable bonds is 4. The Kier molecular flexibility index (Phi) is 5.14. The molecule has 256 valence electrons. The van der Waals surface area contributed by atoms with Crippen LogP contribution < -0.4 is 9.05 Å². The first-order valence-corrected chi connectivity index (χ1v) is 21.2. The van der Waals surface area contributed by atoms with Crippen molar-refractivity contribution in [1.29, 1.82) is 0 Å². The molecule has 10 heteroatoms. The van der Waals surface area contributed by atoms with Gasteiger partial charge in [0.05, 0.1) is 0 Å². The topological polar surface area (TPSA) is 134 Å². The van der Waals surface area contributed by atoms with Crippen LogP contribution in [-0.4, -0.2) is 19.6 Å². The molecule has 5 aromatic rings. The summed E-state index contributed by atoms with van der Waals surface area (Å²) in [4.78, 5) is 41.7. The van der Waals surface area contributed by atoms with E-state index in [1.807, 2.05) is 12.1 Å². The zero-order chi connectivity index (χ0) is 34.7. The average Bonchev–Trinajstić information content (AvgIpc) is 3.98. The van der Waals surface area contributed by atoms with E-state index in [9.17, 15) is 28.7 Å². The van der Waals surface area contributed by atoms with Crippen molar-refractivity contribution in [2.75, 3.05) is 0 Å². The predicted molar refractivity (Wildman–Crippen MR) is 188 cm³/mol. The standard InChI is InChI=1S/C42H30O8P2/c43-51(44,45)49-41-37-33-15-34(30-12-26-22-9-21(25(26)11-29(30)33)17-5-1-2-6-18(17)22)38(37)42(50-52(46,47)48)40-36-16-35(39(40)41)31-13-27-23-10-24(28(27)14-32(31)36)20-8-4-3-7-19(20)23/h1-2,5-8,11-14,21-24,33-36H,9-10,15-16H2,(H2,43,44,45)(H2,46,47,48)/t21-,22+,23+,24-,33-,34+,35+,36-. The van der Waals surface area contributed by atoms with E-state index in [0.717, 1.165) is 35.1 Å². The maximum absolute atomic E-state index is 12.8. The minimum atomic E-state index is -5.04. The molecule has 0 amide bonds. The van der Waals surface area contributed by atoms with Gasteiger partial charge >= 0.3 is 15.6 Å². The van der Waals surface area contributed by atoms with Crippen LogP contribution in [0, 0.1) is 12.1 Å². The molecule has 8 atom stereocenters. The van der Waals surface area contributed by atoms with Crippen LogP contribution in [0.15, 0.2) is 60.7 Å². The highest BCUT2D eigenvalue weighted by atomic mass is 31.2. The van der Waals surface area contributed by atoms with E-state index >= 15 is 0 Å². The van der Waals surface area contributed by atoms with E-state index in [2.05, 4.69) is 60.7 Å². The third-order valence-electron chi connectivity index (χ3n) is 14.2. The van der Waals surface area contributed by atoms with Crippen molar-refractivity contribution in [2.24, 2.45) is 0 Å². The SMILES string of the molecule is O=P(O)(O)Oc1c2c(c(OP(=O)(O)O)c3c1[C@H]1C[C@@H]3c3cc4c(cc31)[C@H]1C[C@@H]4c3cc#ccc31)[C@H]1C[C@@H]2c2cc3c(cc21)[C@H]1C[C@@H]3c2ccccc21. The van der Waals surface area contributed by atoms with Gasteiger partial charge in [0.2, 0.25) is 0 Å². The summed E-state index contributed by atoms with van der Waals surface area (Å²) in [6.07, 6.45) is 3.27. The molecule has 8 aliphatic rings. The van der Waals surface area contributed by atoms with Crippen molar-refractivity contribution >= 4 is 15.6 Å². The zero-order valence-electron chi connectivity index (χ0n) is 27.5. The summed E-state index contributed by atoms with van der Waals surface area (Å²) in [5.41, 5.74) is 17.4. The summed E-state index contributed by atoms with van der Waals surface area (Å²) in [7, 11) is -10.1. The molecular formula is C42H30O8P2.